The highest BCUT2D eigenvalue weighted by Gasteiger charge is 2.07. The minimum Gasteiger partial charge on any atom is -0.496 e. The number of ether oxygens (including phenoxy) is 2. The number of nitrogens with one attached hydrogen (secondary N) is 1. The predicted molar refractivity (Wildman–Crippen MR) is 111 cm³/mol. The molecule has 0 aliphatic heterocycles. The molecule has 0 aromatic heterocycles. The van der Waals surface area contributed by atoms with Crippen LogP contribution >= 0.6 is 27.5 Å². The summed E-state index contributed by atoms with van der Waals surface area (Å²) in [7, 11) is 1.63. The Morgan fingerprint density at radius 3 is 2.63 bits per heavy atom. The molecule has 1 N–H and O–H groups in total. The monoisotopic (exact) mass is 446 g/mol. The van der Waals surface area contributed by atoms with Crippen LogP contribution in [-0.2, 0) is 4.79 Å². The molecule has 5 nitrogen and oxygen atoms in total. The number of nitrogens with zero attached hydrogens (tertiary/aromatic N) is 1. The average molecular weight is 448 g/mol. The summed E-state index contributed by atoms with van der Waals surface area (Å²) in [6, 6.07) is 16.7. The molecule has 0 bridgehead atoms. The highest BCUT2D eigenvalue weighted by atomic mass is 79.9. The van der Waals surface area contributed by atoms with Crippen molar-refractivity contribution in [1.29, 1.82) is 0 Å². The maximum Gasteiger partial charge on any atom is 0.277 e. The number of amides is 1. The van der Waals surface area contributed by atoms with E-state index in [4.69, 9.17) is 21.1 Å². The van der Waals surface area contributed by atoms with Crippen LogP contribution in [0.1, 0.15) is 5.56 Å². The van der Waals surface area contributed by atoms with Crippen LogP contribution in [0.25, 0.3) is 10.8 Å². The number of carbonyl (C=O) groups excluding carboxylic acids is 1. The fraction of sp³-hybridized carbons (Fsp3) is 0.100. The van der Waals surface area contributed by atoms with Gasteiger partial charge in [0.1, 0.15) is 11.5 Å². The molecule has 3 aromatic carbocycles. The molecule has 1 amide bonds. The van der Waals surface area contributed by atoms with E-state index in [-0.39, 0.29) is 12.5 Å². The summed E-state index contributed by atoms with van der Waals surface area (Å²) < 4.78 is 11.5. The molecule has 0 aliphatic rings. The molecule has 27 heavy (non-hydrogen) atoms. The van der Waals surface area contributed by atoms with Gasteiger partial charge in [-0.3, -0.25) is 4.79 Å². The number of benzene rings is 3. The second-order valence-corrected chi connectivity index (χ2v) is 6.85. The van der Waals surface area contributed by atoms with E-state index >= 15 is 0 Å². The smallest absolute Gasteiger partial charge is 0.277 e. The summed E-state index contributed by atoms with van der Waals surface area (Å²) >= 11 is 9.21. The van der Waals surface area contributed by atoms with E-state index in [0.29, 0.717) is 15.2 Å². The molecule has 0 fully saturated rings. The number of fused-ring (bicyclic) bond motifs is 1. The highest BCUT2D eigenvalue weighted by molar-refractivity contribution is 9.10. The molecule has 7 heteroatoms. The lowest BCUT2D eigenvalue weighted by Gasteiger charge is -2.08. The van der Waals surface area contributed by atoms with Crippen molar-refractivity contribution >= 4 is 50.4 Å². The topological polar surface area (TPSA) is 59.9 Å². The first-order valence-corrected chi connectivity index (χ1v) is 9.21. The van der Waals surface area contributed by atoms with Gasteiger partial charge in [0.15, 0.2) is 6.61 Å². The van der Waals surface area contributed by atoms with Gasteiger partial charge in [-0.05, 0) is 51.6 Å². The summed E-state index contributed by atoms with van der Waals surface area (Å²) in [6.07, 6.45) is 1.60. The molecule has 0 aliphatic carbocycles. The zero-order valence-corrected chi connectivity index (χ0v) is 16.8. The fourth-order valence-corrected chi connectivity index (χ4v) is 3.32. The Labute approximate surface area is 170 Å². The summed E-state index contributed by atoms with van der Waals surface area (Å²) in [6.45, 7) is -0.166. The first-order chi connectivity index (χ1) is 13.1. The Morgan fingerprint density at radius 1 is 1.15 bits per heavy atom. The van der Waals surface area contributed by atoms with Gasteiger partial charge in [0.05, 0.1) is 17.8 Å². The molecular formula is C20H16BrClN2O3. The van der Waals surface area contributed by atoms with Gasteiger partial charge in [-0.15, -0.1) is 0 Å². The Morgan fingerprint density at radius 2 is 1.89 bits per heavy atom. The molecule has 0 unspecified atom stereocenters. The van der Waals surface area contributed by atoms with E-state index in [1.54, 1.807) is 31.5 Å². The zero-order chi connectivity index (χ0) is 19.2. The van der Waals surface area contributed by atoms with Crippen molar-refractivity contribution in [2.75, 3.05) is 13.7 Å². The van der Waals surface area contributed by atoms with Crippen LogP contribution in [0.5, 0.6) is 11.5 Å². The van der Waals surface area contributed by atoms with E-state index in [2.05, 4.69) is 26.5 Å². The van der Waals surface area contributed by atoms with Gasteiger partial charge in [-0.25, -0.2) is 5.43 Å². The van der Waals surface area contributed by atoms with Crippen LogP contribution in [0, 0.1) is 0 Å². The second kappa shape index (κ2) is 8.88. The number of methoxy groups -OCH3 is 1. The molecule has 0 saturated carbocycles. The van der Waals surface area contributed by atoms with E-state index in [1.165, 1.54) is 0 Å². The van der Waals surface area contributed by atoms with E-state index in [9.17, 15) is 4.79 Å². The lowest BCUT2D eigenvalue weighted by molar-refractivity contribution is -0.123. The Kier molecular flexibility index (Phi) is 6.32. The van der Waals surface area contributed by atoms with Crippen molar-refractivity contribution in [2.24, 2.45) is 5.10 Å². The van der Waals surface area contributed by atoms with Crippen molar-refractivity contribution in [3.05, 3.63) is 69.7 Å². The highest BCUT2D eigenvalue weighted by Crippen LogP contribution is 2.28. The van der Waals surface area contributed by atoms with E-state index in [0.717, 1.165) is 22.1 Å². The molecule has 0 atom stereocenters. The molecule has 138 valence electrons. The maximum atomic E-state index is 11.9. The van der Waals surface area contributed by atoms with Crippen molar-refractivity contribution in [1.82, 2.24) is 5.43 Å². The van der Waals surface area contributed by atoms with E-state index in [1.807, 2.05) is 36.4 Å². The van der Waals surface area contributed by atoms with Crippen molar-refractivity contribution < 1.29 is 14.3 Å². The van der Waals surface area contributed by atoms with Crippen LogP contribution in [0.15, 0.2) is 64.2 Å². The number of hydrazone groups is 1. The van der Waals surface area contributed by atoms with Gasteiger partial charge in [0, 0.05) is 16.0 Å². The number of carbonyl (C=O) groups is 1. The van der Waals surface area contributed by atoms with Crippen LogP contribution in [0.4, 0.5) is 0 Å². The van der Waals surface area contributed by atoms with Gasteiger partial charge >= 0.3 is 0 Å². The molecule has 0 radical (unpaired) electrons. The largest absolute Gasteiger partial charge is 0.496 e. The third kappa shape index (κ3) is 4.78. The third-order valence-electron chi connectivity index (χ3n) is 3.78. The first-order valence-electron chi connectivity index (χ1n) is 8.04. The summed E-state index contributed by atoms with van der Waals surface area (Å²) in [5.41, 5.74) is 3.33. The lowest BCUT2D eigenvalue weighted by atomic mass is 10.0. The van der Waals surface area contributed by atoms with Gasteiger partial charge in [0.2, 0.25) is 0 Å². The second-order valence-electron chi connectivity index (χ2n) is 5.56. The maximum absolute atomic E-state index is 11.9. The van der Waals surface area contributed by atoms with Crippen molar-refractivity contribution in [3.63, 3.8) is 0 Å². The van der Waals surface area contributed by atoms with Gasteiger partial charge in [-0.1, -0.05) is 35.9 Å². The number of hydrogen-bond acceptors (Lipinski definition) is 4. The Balaban J connectivity index is 1.64. The molecular weight excluding hydrogens is 432 g/mol. The Hall–Kier alpha value is -2.57. The zero-order valence-electron chi connectivity index (χ0n) is 14.4. The number of halogens is 2. The van der Waals surface area contributed by atoms with Gasteiger partial charge in [0.25, 0.3) is 5.91 Å². The normalized spacial score (nSPS) is 10.9. The standard InChI is InChI=1S/C20H16BrClN2O3/c1-26-18-8-6-13(15-4-2-3-5-16(15)18)11-23-24-20(25)12-27-19-9-7-14(22)10-17(19)21/h2-11H,12H2,1H3,(H,24,25)/b23-11+. The third-order valence-corrected chi connectivity index (χ3v) is 4.64. The molecule has 0 heterocycles. The SMILES string of the molecule is COc1ccc(/C=N/NC(=O)COc2ccc(Cl)cc2Br)c2ccccc12. The number of hydrogen-bond donors (Lipinski definition) is 1. The first kappa shape index (κ1) is 19.2. The van der Waals surface area contributed by atoms with Crippen LogP contribution in [0.3, 0.4) is 0 Å². The average Bonchev–Trinajstić information content (AvgIpc) is 2.67. The predicted octanol–water partition coefficient (Wildman–Crippen LogP) is 4.79. The van der Waals surface area contributed by atoms with Gasteiger partial charge < -0.3 is 9.47 Å². The summed E-state index contributed by atoms with van der Waals surface area (Å²) in [5, 5.41) is 6.56. The van der Waals surface area contributed by atoms with Crippen molar-refractivity contribution in [3.8, 4) is 11.5 Å². The van der Waals surface area contributed by atoms with E-state index < -0.39 is 0 Å². The molecule has 0 spiro atoms. The molecule has 3 aromatic rings. The lowest BCUT2D eigenvalue weighted by Crippen LogP contribution is -2.24. The number of rotatable bonds is 6. The molecule has 0 saturated heterocycles. The minimum atomic E-state index is -0.370. The van der Waals surface area contributed by atoms with Crippen molar-refractivity contribution in [2.45, 2.75) is 0 Å². The quantitative estimate of drug-likeness (QED) is 0.436. The van der Waals surface area contributed by atoms with Crippen LogP contribution < -0.4 is 14.9 Å². The van der Waals surface area contributed by atoms with Gasteiger partial charge in [-0.2, -0.15) is 5.10 Å². The summed E-state index contributed by atoms with van der Waals surface area (Å²) in [4.78, 5) is 11.9. The van der Waals surface area contributed by atoms with Crippen LogP contribution in [-0.4, -0.2) is 25.8 Å². The summed E-state index contributed by atoms with van der Waals surface area (Å²) in [5.74, 6) is 0.944. The minimum absolute atomic E-state index is 0.166. The molecule has 3 rings (SSSR count). The fourth-order valence-electron chi connectivity index (χ4n) is 2.53. The van der Waals surface area contributed by atoms with Crippen LogP contribution in [0.2, 0.25) is 5.02 Å². The Bertz CT molecular complexity index is 1010.